The molecular formula is C22H20Br2N2O4. The molecule has 0 aliphatic rings. The van der Waals surface area contributed by atoms with E-state index < -0.39 is 11.8 Å². The zero-order valence-corrected chi connectivity index (χ0v) is 19.4. The van der Waals surface area contributed by atoms with Gasteiger partial charge in [0, 0.05) is 5.56 Å². The van der Waals surface area contributed by atoms with E-state index in [0.717, 1.165) is 21.7 Å². The van der Waals surface area contributed by atoms with Crippen molar-refractivity contribution in [3.05, 3.63) is 69.1 Å². The van der Waals surface area contributed by atoms with Gasteiger partial charge in [0.2, 0.25) is 0 Å². The molecule has 0 atom stereocenters. The Morgan fingerprint density at radius 1 is 0.933 bits per heavy atom. The highest BCUT2D eigenvalue weighted by Gasteiger charge is 2.12. The van der Waals surface area contributed by atoms with Gasteiger partial charge in [0.05, 0.1) is 15.6 Å². The number of hydrogen-bond donors (Lipinski definition) is 2. The molecule has 0 spiro atoms. The van der Waals surface area contributed by atoms with Crippen LogP contribution in [0.5, 0.6) is 11.5 Å². The summed E-state index contributed by atoms with van der Waals surface area (Å²) >= 11 is 6.90. The molecule has 0 aliphatic carbocycles. The smallest absolute Gasteiger partial charge is 0.276 e. The molecule has 0 aromatic heterocycles. The van der Waals surface area contributed by atoms with Crippen molar-refractivity contribution in [2.75, 3.05) is 13.2 Å². The lowest BCUT2D eigenvalue weighted by Crippen LogP contribution is -2.43. The lowest BCUT2D eigenvalue weighted by Gasteiger charge is -2.12. The Morgan fingerprint density at radius 3 is 2.47 bits per heavy atom. The van der Waals surface area contributed by atoms with Crippen molar-refractivity contribution in [3.63, 3.8) is 0 Å². The molecule has 0 unspecified atom stereocenters. The summed E-state index contributed by atoms with van der Waals surface area (Å²) in [5.74, 6) is 0.275. The summed E-state index contributed by atoms with van der Waals surface area (Å²) in [5, 5.41) is 2.05. The summed E-state index contributed by atoms with van der Waals surface area (Å²) in [5.41, 5.74) is 5.11. The highest BCUT2D eigenvalue weighted by molar-refractivity contribution is 9.11. The van der Waals surface area contributed by atoms with Crippen molar-refractivity contribution in [2.24, 2.45) is 0 Å². The van der Waals surface area contributed by atoms with Crippen LogP contribution in [0.25, 0.3) is 10.8 Å². The third-order valence-electron chi connectivity index (χ3n) is 4.16. The Morgan fingerprint density at radius 2 is 1.70 bits per heavy atom. The maximum Gasteiger partial charge on any atom is 0.276 e. The van der Waals surface area contributed by atoms with E-state index in [4.69, 9.17) is 9.47 Å². The number of carbonyl (C=O) groups excluding carboxylic acids is 2. The molecule has 2 amide bonds. The van der Waals surface area contributed by atoms with Crippen LogP contribution in [0, 0.1) is 0 Å². The fraction of sp³-hybridized carbons (Fsp3) is 0.182. The summed E-state index contributed by atoms with van der Waals surface area (Å²) in [7, 11) is 0. The number of fused-ring (bicyclic) bond motifs is 1. The van der Waals surface area contributed by atoms with Crippen LogP contribution in [0.2, 0.25) is 0 Å². The molecule has 156 valence electrons. The second-order valence-electron chi connectivity index (χ2n) is 6.38. The molecule has 0 saturated heterocycles. The van der Waals surface area contributed by atoms with Gasteiger partial charge in [0.25, 0.3) is 11.8 Å². The zero-order valence-electron chi connectivity index (χ0n) is 16.2. The highest BCUT2D eigenvalue weighted by atomic mass is 79.9. The van der Waals surface area contributed by atoms with Crippen LogP contribution in [0.15, 0.2) is 63.5 Å². The van der Waals surface area contributed by atoms with Gasteiger partial charge in [0.15, 0.2) is 6.61 Å². The van der Waals surface area contributed by atoms with Gasteiger partial charge >= 0.3 is 0 Å². The van der Waals surface area contributed by atoms with Gasteiger partial charge in [-0.3, -0.25) is 20.4 Å². The number of carbonyl (C=O) groups is 2. The lowest BCUT2D eigenvalue weighted by atomic mass is 10.1. The molecule has 8 heteroatoms. The third-order valence-corrected chi connectivity index (χ3v) is 5.60. The summed E-state index contributed by atoms with van der Waals surface area (Å²) in [6, 6.07) is 16.5. The van der Waals surface area contributed by atoms with Gasteiger partial charge in [-0.1, -0.05) is 37.3 Å². The molecule has 0 radical (unpaired) electrons. The Balaban J connectivity index is 1.53. The van der Waals surface area contributed by atoms with Crippen LogP contribution in [-0.4, -0.2) is 25.0 Å². The van der Waals surface area contributed by atoms with E-state index >= 15 is 0 Å². The molecule has 0 heterocycles. The van der Waals surface area contributed by atoms with Crippen LogP contribution in [0.4, 0.5) is 0 Å². The van der Waals surface area contributed by atoms with E-state index in [9.17, 15) is 9.59 Å². The fourth-order valence-corrected chi connectivity index (χ4v) is 3.78. The van der Waals surface area contributed by atoms with Crippen molar-refractivity contribution in [2.45, 2.75) is 13.3 Å². The number of amides is 2. The van der Waals surface area contributed by atoms with Crippen molar-refractivity contribution >= 4 is 54.4 Å². The number of benzene rings is 3. The van der Waals surface area contributed by atoms with E-state index in [1.807, 2.05) is 37.3 Å². The Bertz CT molecular complexity index is 1070. The average Bonchev–Trinajstić information content (AvgIpc) is 2.76. The predicted octanol–water partition coefficient (Wildman–Crippen LogP) is 4.99. The minimum atomic E-state index is -0.481. The van der Waals surface area contributed by atoms with E-state index in [-0.39, 0.29) is 6.61 Å². The lowest BCUT2D eigenvalue weighted by molar-refractivity contribution is -0.123. The molecule has 0 saturated carbocycles. The standard InChI is InChI=1S/C22H20Br2N2O4/c1-2-11-29-18-9-8-15(12-17(18)23)22(28)26-25-20(27)13-30-19-10-7-14-5-3-4-6-16(14)21(19)24/h3-10,12H,2,11,13H2,1H3,(H,25,27)(H,26,28). The molecule has 2 N–H and O–H groups in total. The van der Waals surface area contributed by atoms with Gasteiger partial charge in [-0.15, -0.1) is 0 Å². The van der Waals surface area contributed by atoms with E-state index in [1.54, 1.807) is 24.3 Å². The summed E-state index contributed by atoms with van der Waals surface area (Å²) in [6.07, 6.45) is 0.887. The maximum atomic E-state index is 12.3. The zero-order chi connectivity index (χ0) is 21.5. The fourth-order valence-electron chi connectivity index (χ4n) is 2.67. The first kappa shape index (κ1) is 22.1. The first-order chi connectivity index (χ1) is 14.5. The van der Waals surface area contributed by atoms with Gasteiger partial charge in [-0.2, -0.15) is 0 Å². The molecule has 6 nitrogen and oxygen atoms in total. The number of halogens is 2. The number of rotatable bonds is 7. The third kappa shape index (κ3) is 5.52. The van der Waals surface area contributed by atoms with E-state index in [2.05, 4.69) is 42.7 Å². The van der Waals surface area contributed by atoms with Gasteiger partial charge in [0.1, 0.15) is 11.5 Å². The number of ether oxygens (including phenoxy) is 2. The largest absolute Gasteiger partial charge is 0.492 e. The highest BCUT2D eigenvalue weighted by Crippen LogP contribution is 2.33. The van der Waals surface area contributed by atoms with Crippen LogP contribution in [-0.2, 0) is 4.79 Å². The molecule has 0 bridgehead atoms. The van der Waals surface area contributed by atoms with Crippen LogP contribution >= 0.6 is 31.9 Å². The molecule has 3 rings (SSSR count). The molecule has 0 aliphatic heterocycles. The van der Waals surface area contributed by atoms with Crippen LogP contribution < -0.4 is 20.3 Å². The monoisotopic (exact) mass is 534 g/mol. The molecule has 0 fully saturated rings. The molecule has 3 aromatic rings. The maximum absolute atomic E-state index is 12.3. The van der Waals surface area contributed by atoms with Crippen LogP contribution in [0.3, 0.4) is 0 Å². The average molecular weight is 536 g/mol. The van der Waals surface area contributed by atoms with E-state index in [0.29, 0.717) is 28.1 Å². The first-order valence-electron chi connectivity index (χ1n) is 9.31. The van der Waals surface area contributed by atoms with Crippen molar-refractivity contribution in [1.82, 2.24) is 10.9 Å². The first-order valence-corrected chi connectivity index (χ1v) is 10.9. The topological polar surface area (TPSA) is 76.7 Å². The number of hydrogen-bond acceptors (Lipinski definition) is 4. The number of nitrogens with one attached hydrogen (secondary N) is 2. The molecule has 30 heavy (non-hydrogen) atoms. The van der Waals surface area contributed by atoms with Crippen molar-refractivity contribution in [1.29, 1.82) is 0 Å². The number of hydrazine groups is 1. The van der Waals surface area contributed by atoms with Crippen LogP contribution in [0.1, 0.15) is 23.7 Å². The quantitative estimate of drug-likeness (QED) is 0.418. The normalized spacial score (nSPS) is 10.5. The minimum absolute atomic E-state index is 0.245. The summed E-state index contributed by atoms with van der Waals surface area (Å²) in [6.45, 7) is 2.36. The summed E-state index contributed by atoms with van der Waals surface area (Å²) in [4.78, 5) is 24.3. The molecule has 3 aromatic carbocycles. The van der Waals surface area contributed by atoms with Gasteiger partial charge < -0.3 is 9.47 Å². The van der Waals surface area contributed by atoms with Crippen molar-refractivity contribution in [3.8, 4) is 11.5 Å². The summed E-state index contributed by atoms with van der Waals surface area (Å²) < 4.78 is 12.6. The molecular weight excluding hydrogens is 516 g/mol. The van der Waals surface area contributed by atoms with Gasteiger partial charge in [-0.05, 0) is 73.3 Å². The SMILES string of the molecule is CCCOc1ccc(C(=O)NNC(=O)COc2ccc3ccccc3c2Br)cc1Br. The Labute approximate surface area is 191 Å². The second kappa shape index (κ2) is 10.4. The second-order valence-corrected chi connectivity index (χ2v) is 8.03. The van der Waals surface area contributed by atoms with Gasteiger partial charge in [-0.25, -0.2) is 0 Å². The van der Waals surface area contributed by atoms with Crippen molar-refractivity contribution < 1.29 is 19.1 Å². The minimum Gasteiger partial charge on any atom is -0.492 e. The van der Waals surface area contributed by atoms with E-state index in [1.165, 1.54) is 0 Å². The predicted molar refractivity (Wildman–Crippen MR) is 123 cm³/mol. The Hall–Kier alpha value is -2.58. The Kier molecular flexibility index (Phi) is 7.70.